The van der Waals surface area contributed by atoms with Crippen molar-refractivity contribution in [2.75, 3.05) is 0 Å². The fourth-order valence-electron chi connectivity index (χ4n) is 1.85. The third-order valence-corrected chi connectivity index (χ3v) is 3.08. The molecule has 0 spiro atoms. The molecule has 0 aliphatic rings. The fourth-order valence-corrected chi connectivity index (χ4v) is 1.85. The highest BCUT2D eigenvalue weighted by molar-refractivity contribution is 5.93. The van der Waals surface area contributed by atoms with E-state index in [1.165, 1.54) is 18.2 Å². The zero-order valence-electron chi connectivity index (χ0n) is 11.3. The average molecular weight is 274 g/mol. The predicted molar refractivity (Wildman–Crippen MR) is 73.1 cm³/mol. The monoisotopic (exact) mass is 274 g/mol. The van der Waals surface area contributed by atoms with Crippen LogP contribution >= 0.6 is 0 Å². The zero-order valence-corrected chi connectivity index (χ0v) is 11.3. The van der Waals surface area contributed by atoms with Gasteiger partial charge in [-0.15, -0.1) is 0 Å². The lowest BCUT2D eigenvalue weighted by Gasteiger charge is -2.14. The van der Waals surface area contributed by atoms with Crippen LogP contribution in [0, 0.1) is 12.7 Å². The summed E-state index contributed by atoms with van der Waals surface area (Å²) in [4.78, 5) is 12.0. The molecule has 0 saturated carbocycles. The number of esters is 1. The number of benzene rings is 2. The van der Waals surface area contributed by atoms with E-state index in [1.807, 2.05) is 0 Å². The summed E-state index contributed by atoms with van der Waals surface area (Å²) in [6.07, 6.45) is -0.525. The molecule has 1 N–H and O–H groups in total. The molecule has 2 aromatic rings. The first-order valence-electron chi connectivity index (χ1n) is 6.24. The van der Waals surface area contributed by atoms with E-state index in [9.17, 15) is 14.3 Å². The van der Waals surface area contributed by atoms with Crippen LogP contribution in [0.2, 0.25) is 0 Å². The van der Waals surface area contributed by atoms with Gasteiger partial charge in [0.25, 0.3) is 0 Å². The van der Waals surface area contributed by atoms with E-state index in [0.717, 1.165) is 0 Å². The summed E-state index contributed by atoms with van der Waals surface area (Å²) in [6, 6.07) is 10.6. The highest BCUT2D eigenvalue weighted by atomic mass is 19.1. The summed E-state index contributed by atoms with van der Waals surface area (Å²) in [5.41, 5.74) is 1.42. The molecule has 0 bridgehead atoms. The normalized spacial score (nSPS) is 11.9. The number of aryl methyl sites for hydroxylation is 1. The Hall–Kier alpha value is -2.36. The van der Waals surface area contributed by atoms with Crippen molar-refractivity contribution in [2.45, 2.75) is 20.0 Å². The van der Waals surface area contributed by atoms with Gasteiger partial charge in [0.2, 0.25) is 0 Å². The minimum atomic E-state index is -0.608. The molecule has 0 radical (unpaired) electrons. The fraction of sp³-hybridized carbons (Fsp3) is 0.188. The molecule has 2 aromatic carbocycles. The van der Waals surface area contributed by atoms with Gasteiger partial charge in [0, 0.05) is 0 Å². The van der Waals surface area contributed by atoms with Crippen LogP contribution in [0.5, 0.6) is 5.75 Å². The van der Waals surface area contributed by atoms with Crippen LogP contribution in [-0.2, 0) is 4.74 Å². The Kier molecular flexibility index (Phi) is 4.03. The van der Waals surface area contributed by atoms with Gasteiger partial charge in [0.15, 0.2) is 0 Å². The number of phenolic OH excluding ortho intramolecular Hbond substituents is 1. The largest absolute Gasteiger partial charge is 0.507 e. The van der Waals surface area contributed by atoms with Gasteiger partial charge in [-0.3, -0.25) is 0 Å². The van der Waals surface area contributed by atoms with Crippen LogP contribution in [0.25, 0.3) is 0 Å². The Bertz CT molecular complexity index is 620. The summed E-state index contributed by atoms with van der Waals surface area (Å²) >= 11 is 0. The summed E-state index contributed by atoms with van der Waals surface area (Å²) in [6.45, 7) is 3.40. The summed E-state index contributed by atoms with van der Waals surface area (Å²) in [5, 5.41) is 9.84. The van der Waals surface area contributed by atoms with E-state index >= 15 is 0 Å². The third kappa shape index (κ3) is 2.96. The van der Waals surface area contributed by atoms with Crippen molar-refractivity contribution in [1.82, 2.24) is 0 Å². The van der Waals surface area contributed by atoms with Gasteiger partial charge in [-0.25, -0.2) is 9.18 Å². The Morgan fingerprint density at radius 3 is 2.50 bits per heavy atom. The molecule has 2 rings (SSSR count). The number of hydrogen-bond donors (Lipinski definition) is 1. The van der Waals surface area contributed by atoms with E-state index in [1.54, 1.807) is 38.1 Å². The zero-order chi connectivity index (χ0) is 14.7. The standard InChI is InChI=1S/C16H15FO3/c1-10-4-3-5-14(15(10)18)16(19)20-11(2)12-6-8-13(17)9-7-12/h3-9,11,18H,1-2H3/t11-/m0/s1. The van der Waals surface area contributed by atoms with Gasteiger partial charge in [0.05, 0.1) is 0 Å². The first-order valence-corrected chi connectivity index (χ1v) is 6.24. The highest BCUT2D eigenvalue weighted by Gasteiger charge is 2.17. The second-order valence-electron chi connectivity index (χ2n) is 4.57. The number of ether oxygens (including phenoxy) is 1. The maximum absolute atomic E-state index is 12.8. The first kappa shape index (κ1) is 14.1. The molecule has 0 unspecified atom stereocenters. The van der Waals surface area contributed by atoms with Crippen molar-refractivity contribution >= 4 is 5.97 Å². The van der Waals surface area contributed by atoms with Crippen LogP contribution < -0.4 is 0 Å². The number of rotatable bonds is 3. The van der Waals surface area contributed by atoms with Crippen LogP contribution in [0.15, 0.2) is 42.5 Å². The van der Waals surface area contributed by atoms with Gasteiger partial charge in [-0.05, 0) is 43.2 Å². The molecule has 4 heteroatoms. The molecule has 0 heterocycles. The number of hydrogen-bond acceptors (Lipinski definition) is 3. The highest BCUT2D eigenvalue weighted by Crippen LogP contribution is 2.25. The second-order valence-corrected chi connectivity index (χ2v) is 4.57. The van der Waals surface area contributed by atoms with Crippen molar-refractivity contribution in [3.8, 4) is 5.75 Å². The lowest BCUT2D eigenvalue weighted by molar-refractivity contribution is 0.0334. The topological polar surface area (TPSA) is 46.5 Å². The quantitative estimate of drug-likeness (QED) is 0.867. The lowest BCUT2D eigenvalue weighted by atomic mass is 10.1. The van der Waals surface area contributed by atoms with Crippen molar-refractivity contribution in [2.24, 2.45) is 0 Å². The van der Waals surface area contributed by atoms with Gasteiger partial charge in [-0.2, -0.15) is 0 Å². The molecule has 3 nitrogen and oxygen atoms in total. The van der Waals surface area contributed by atoms with Gasteiger partial charge < -0.3 is 9.84 Å². The molecule has 0 amide bonds. The van der Waals surface area contributed by atoms with Crippen molar-refractivity contribution in [3.05, 3.63) is 65.0 Å². The van der Waals surface area contributed by atoms with Gasteiger partial charge in [0.1, 0.15) is 23.2 Å². The third-order valence-electron chi connectivity index (χ3n) is 3.08. The maximum atomic E-state index is 12.8. The van der Waals surface area contributed by atoms with Crippen LogP contribution in [-0.4, -0.2) is 11.1 Å². The number of halogens is 1. The first-order chi connectivity index (χ1) is 9.49. The summed E-state index contributed by atoms with van der Waals surface area (Å²) in [7, 11) is 0. The summed E-state index contributed by atoms with van der Waals surface area (Å²) in [5.74, 6) is -1.03. The van der Waals surface area contributed by atoms with Crippen molar-refractivity contribution in [1.29, 1.82) is 0 Å². The molecular weight excluding hydrogens is 259 g/mol. The molecule has 0 saturated heterocycles. The number of carbonyl (C=O) groups is 1. The smallest absolute Gasteiger partial charge is 0.342 e. The molecule has 20 heavy (non-hydrogen) atoms. The van der Waals surface area contributed by atoms with Crippen LogP contribution in [0.3, 0.4) is 0 Å². The second kappa shape index (κ2) is 5.74. The van der Waals surface area contributed by atoms with E-state index in [0.29, 0.717) is 11.1 Å². The molecule has 0 fully saturated rings. The molecule has 0 aromatic heterocycles. The van der Waals surface area contributed by atoms with E-state index in [4.69, 9.17) is 4.74 Å². The Morgan fingerprint density at radius 1 is 1.20 bits per heavy atom. The average Bonchev–Trinajstić information content (AvgIpc) is 2.42. The molecule has 0 aliphatic heterocycles. The van der Waals surface area contributed by atoms with E-state index in [-0.39, 0.29) is 17.1 Å². The predicted octanol–water partition coefficient (Wildman–Crippen LogP) is 3.76. The van der Waals surface area contributed by atoms with Crippen molar-refractivity contribution in [3.63, 3.8) is 0 Å². The van der Waals surface area contributed by atoms with Crippen LogP contribution in [0.1, 0.15) is 34.5 Å². The molecular formula is C16H15FO3. The number of phenols is 1. The Balaban J connectivity index is 2.15. The Morgan fingerprint density at radius 2 is 1.85 bits per heavy atom. The molecule has 1 atom stereocenters. The summed E-state index contributed by atoms with van der Waals surface area (Å²) < 4.78 is 18.1. The number of para-hydroxylation sites is 1. The van der Waals surface area contributed by atoms with E-state index in [2.05, 4.69) is 0 Å². The van der Waals surface area contributed by atoms with Crippen molar-refractivity contribution < 1.29 is 19.0 Å². The number of carbonyl (C=O) groups excluding carboxylic acids is 1. The van der Waals surface area contributed by atoms with E-state index < -0.39 is 12.1 Å². The minimum Gasteiger partial charge on any atom is -0.507 e. The molecule has 104 valence electrons. The number of aromatic hydroxyl groups is 1. The lowest BCUT2D eigenvalue weighted by Crippen LogP contribution is -2.09. The maximum Gasteiger partial charge on any atom is 0.342 e. The minimum absolute atomic E-state index is 0.0798. The van der Waals surface area contributed by atoms with Gasteiger partial charge in [-0.1, -0.05) is 24.3 Å². The van der Waals surface area contributed by atoms with Crippen LogP contribution in [0.4, 0.5) is 4.39 Å². The molecule has 0 aliphatic carbocycles. The Labute approximate surface area is 116 Å². The SMILES string of the molecule is Cc1cccc(C(=O)O[C@@H](C)c2ccc(F)cc2)c1O. The van der Waals surface area contributed by atoms with Gasteiger partial charge >= 0.3 is 5.97 Å².